The van der Waals surface area contributed by atoms with E-state index in [0.717, 1.165) is 6.42 Å². The maximum Gasteiger partial charge on any atom is -0.00820 e. The molecule has 0 unspecified atom stereocenters. The minimum atomic E-state index is 1.05. The van der Waals surface area contributed by atoms with Crippen molar-refractivity contribution in [2.75, 3.05) is 0 Å². The summed E-state index contributed by atoms with van der Waals surface area (Å²) in [6.45, 7) is 0. The first kappa shape index (κ1) is 9.00. The van der Waals surface area contributed by atoms with E-state index >= 15 is 0 Å². The summed E-state index contributed by atoms with van der Waals surface area (Å²) < 4.78 is 0. The third-order valence-corrected chi connectivity index (χ3v) is 3.69. The Morgan fingerprint density at radius 3 is 2.47 bits per heavy atom. The molecule has 0 atom stereocenters. The highest BCUT2D eigenvalue weighted by Gasteiger charge is 2.11. The van der Waals surface area contributed by atoms with Crippen LogP contribution in [0.4, 0.5) is 0 Å². The average Bonchev–Trinajstić information content (AvgIpc) is 2.89. The Morgan fingerprint density at radius 1 is 0.824 bits per heavy atom. The fourth-order valence-electron chi connectivity index (χ4n) is 2.94. The van der Waals surface area contributed by atoms with Crippen molar-refractivity contribution in [3.05, 3.63) is 64.1 Å². The molecule has 2 aliphatic carbocycles. The summed E-state index contributed by atoms with van der Waals surface area (Å²) in [5.41, 5.74) is 2.89. The largest absolute Gasteiger partial charge is 0.0801 e. The molecule has 2 aromatic carbocycles. The second kappa shape index (κ2) is 3.21. The van der Waals surface area contributed by atoms with Crippen LogP contribution in [0.5, 0.6) is 0 Å². The summed E-state index contributed by atoms with van der Waals surface area (Å²) in [5.74, 6) is 0. The molecule has 0 aliphatic heterocycles. The van der Waals surface area contributed by atoms with Crippen molar-refractivity contribution in [1.82, 2.24) is 0 Å². The van der Waals surface area contributed by atoms with Crippen molar-refractivity contribution in [1.29, 1.82) is 0 Å². The minimum Gasteiger partial charge on any atom is -0.0801 e. The van der Waals surface area contributed by atoms with Gasteiger partial charge in [0, 0.05) is 0 Å². The standard InChI is InChI=1S/C17H12/c1-3-8-14-12(6-1)13-7-2-4-9-15(13)17-11-5-10-16(14)17/h1-8,10-11H,9H2. The van der Waals surface area contributed by atoms with Gasteiger partial charge in [-0.2, -0.15) is 0 Å². The molecule has 2 aliphatic rings. The third-order valence-electron chi connectivity index (χ3n) is 3.69. The van der Waals surface area contributed by atoms with E-state index < -0.39 is 0 Å². The Bertz CT molecular complexity index is 802. The molecule has 0 N–H and O–H groups in total. The van der Waals surface area contributed by atoms with E-state index in [1.54, 1.807) is 0 Å². The van der Waals surface area contributed by atoms with Crippen LogP contribution in [0.1, 0.15) is 11.1 Å². The van der Waals surface area contributed by atoms with Crippen molar-refractivity contribution in [2.24, 2.45) is 0 Å². The number of benzene rings is 2. The zero-order valence-electron chi connectivity index (χ0n) is 9.48. The van der Waals surface area contributed by atoms with Gasteiger partial charge in [0.05, 0.1) is 0 Å². The number of rotatable bonds is 0. The summed E-state index contributed by atoms with van der Waals surface area (Å²) in [6.07, 6.45) is 14.3. The van der Waals surface area contributed by atoms with Crippen LogP contribution in [0.2, 0.25) is 0 Å². The van der Waals surface area contributed by atoms with E-state index in [1.807, 2.05) is 0 Å². The molecule has 0 bridgehead atoms. The molecule has 80 valence electrons. The molecule has 0 saturated heterocycles. The van der Waals surface area contributed by atoms with E-state index in [4.69, 9.17) is 0 Å². The smallest absolute Gasteiger partial charge is 0.00820 e. The van der Waals surface area contributed by atoms with Gasteiger partial charge in [0.1, 0.15) is 0 Å². The molecule has 2 aromatic rings. The van der Waals surface area contributed by atoms with Crippen molar-refractivity contribution in [3.63, 3.8) is 0 Å². The van der Waals surface area contributed by atoms with Crippen molar-refractivity contribution in [2.45, 2.75) is 6.42 Å². The third kappa shape index (κ3) is 1.13. The molecule has 17 heavy (non-hydrogen) atoms. The first-order valence-electron chi connectivity index (χ1n) is 6.04. The molecule has 0 heteroatoms. The Balaban J connectivity index is 2.38. The van der Waals surface area contributed by atoms with Gasteiger partial charge in [-0.25, -0.2) is 0 Å². The van der Waals surface area contributed by atoms with Gasteiger partial charge in [0.2, 0.25) is 0 Å². The molecule has 4 rings (SSSR count). The maximum absolute atomic E-state index is 2.24. The van der Waals surface area contributed by atoms with Gasteiger partial charge in [0.25, 0.3) is 0 Å². The van der Waals surface area contributed by atoms with Crippen LogP contribution < -0.4 is 10.4 Å². The molecule has 0 aromatic heterocycles. The first-order chi connectivity index (χ1) is 8.45. The van der Waals surface area contributed by atoms with Crippen LogP contribution in [0, 0.1) is 0 Å². The van der Waals surface area contributed by atoms with Gasteiger partial charge >= 0.3 is 0 Å². The van der Waals surface area contributed by atoms with Crippen molar-refractivity contribution < 1.29 is 0 Å². The fraction of sp³-hybridized carbons (Fsp3) is 0.0588. The highest BCUT2D eigenvalue weighted by atomic mass is 14.2. The first-order valence-corrected chi connectivity index (χ1v) is 6.04. The van der Waals surface area contributed by atoms with Crippen LogP contribution >= 0.6 is 0 Å². The monoisotopic (exact) mass is 216 g/mol. The average molecular weight is 216 g/mol. The van der Waals surface area contributed by atoms with Crippen LogP contribution in [0.25, 0.3) is 29.0 Å². The van der Waals surface area contributed by atoms with Gasteiger partial charge in [0.15, 0.2) is 0 Å². The Kier molecular flexibility index (Phi) is 1.70. The molecule has 0 heterocycles. The topological polar surface area (TPSA) is 0 Å². The summed E-state index contributed by atoms with van der Waals surface area (Å²) in [7, 11) is 0. The lowest BCUT2D eigenvalue weighted by Crippen LogP contribution is -2.21. The maximum atomic E-state index is 2.24. The molecular formula is C17H12. The highest BCUT2D eigenvalue weighted by molar-refractivity contribution is 5.92. The van der Waals surface area contributed by atoms with Gasteiger partial charge in [-0.15, -0.1) is 0 Å². The summed E-state index contributed by atoms with van der Waals surface area (Å²) in [5, 5.41) is 5.55. The van der Waals surface area contributed by atoms with E-state index in [9.17, 15) is 0 Å². The Labute approximate surface area is 99.9 Å². The summed E-state index contributed by atoms with van der Waals surface area (Å²) in [4.78, 5) is 0. The van der Waals surface area contributed by atoms with Gasteiger partial charge in [-0.1, -0.05) is 60.7 Å². The molecule has 0 spiro atoms. The zero-order valence-corrected chi connectivity index (χ0v) is 9.48. The molecule has 0 saturated carbocycles. The predicted octanol–water partition coefficient (Wildman–Crippen LogP) is 2.54. The number of hydrogen-bond donors (Lipinski definition) is 0. The predicted molar refractivity (Wildman–Crippen MR) is 74.0 cm³/mol. The lowest BCUT2D eigenvalue weighted by molar-refractivity contribution is 1.22. The minimum absolute atomic E-state index is 1.05. The quantitative estimate of drug-likeness (QED) is 0.635. The zero-order chi connectivity index (χ0) is 11.2. The van der Waals surface area contributed by atoms with Crippen molar-refractivity contribution in [3.8, 4) is 0 Å². The highest BCUT2D eigenvalue weighted by Crippen LogP contribution is 2.17. The van der Waals surface area contributed by atoms with E-state index in [1.165, 1.54) is 32.3 Å². The second-order valence-electron chi connectivity index (χ2n) is 4.59. The number of fused-ring (bicyclic) bond motifs is 6. The Hall–Kier alpha value is -2.08. The van der Waals surface area contributed by atoms with Gasteiger partial charge in [-0.3, -0.25) is 0 Å². The van der Waals surface area contributed by atoms with Gasteiger partial charge in [-0.05, 0) is 38.8 Å². The molecular weight excluding hydrogens is 204 g/mol. The summed E-state index contributed by atoms with van der Waals surface area (Å²) in [6, 6.07) is 8.71. The second-order valence-corrected chi connectivity index (χ2v) is 4.59. The van der Waals surface area contributed by atoms with Crippen LogP contribution in [-0.2, 0) is 6.42 Å². The van der Waals surface area contributed by atoms with Crippen LogP contribution in [0.15, 0.2) is 42.5 Å². The van der Waals surface area contributed by atoms with Gasteiger partial charge < -0.3 is 0 Å². The number of hydrogen-bond acceptors (Lipinski definition) is 0. The fourth-order valence-corrected chi connectivity index (χ4v) is 2.94. The molecule has 0 radical (unpaired) electrons. The SMILES string of the molecule is C1=CCc2c3c(c4ccccc4c2=C1)=CC=C3. The molecule has 0 fully saturated rings. The van der Waals surface area contributed by atoms with Crippen molar-refractivity contribution >= 4 is 29.0 Å². The van der Waals surface area contributed by atoms with E-state index in [2.05, 4.69) is 60.7 Å². The molecule has 0 amide bonds. The van der Waals surface area contributed by atoms with E-state index in [-0.39, 0.29) is 0 Å². The lowest BCUT2D eigenvalue weighted by atomic mass is 9.92. The normalized spacial score (nSPS) is 15.3. The van der Waals surface area contributed by atoms with Crippen LogP contribution in [-0.4, -0.2) is 0 Å². The summed E-state index contributed by atoms with van der Waals surface area (Å²) >= 11 is 0. The van der Waals surface area contributed by atoms with Crippen LogP contribution in [0.3, 0.4) is 0 Å². The van der Waals surface area contributed by atoms with E-state index in [0.29, 0.717) is 0 Å². The molecule has 0 nitrogen and oxygen atoms in total. The number of allylic oxidation sites excluding steroid dienone is 3. The lowest BCUT2D eigenvalue weighted by Gasteiger charge is -2.12. The Morgan fingerprint density at radius 2 is 1.59 bits per heavy atom.